The van der Waals surface area contributed by atoms with Gasteiger partial charge in [-0.3, -0.25) is 0 Å². The van der Waals surface area contributed by atoms with Gasteiger partial charge in [0.15, 0.2) is 11.5 Å². The second-order valence-corrected chi connectivity index (χ2v) is 5.91. The minimum atomic E-state index is -0.233. The standard InChI is InChI=1S/C15H15N3O2S/c1-15(2)8-9-4-3-5-11(12(9)20-15)19-14-17-7-6-10(18-14)13(16)21/h3-7H,8H2,1-2H3,(H2,16,21). The second-order valence-electron chi connectivity index (χ2n) is 5.47. The summed E-state index contributed by atoms with van der Waals surface area (Å²) < 4.78 is 11.7. The van der Waals surface area contributed by atoms with Gasteiger partial charge in [-0.1, -0.05) is 24.4 Å². The van der Waals surface area contributed by atoms with Gasteiger partial charge in [0.2, 0.25) is 0 Å². The number of para-hydroxylation sites is 1. The molecule has 0 radical (unpaired) electrons. The van der Waals surface area contributed by atoms with Crippen molar-refractivity contribution < 1.29 is 9.47 Å². The molecule has 0 atom stereocenters. The zero-order chi connectivity index (χ0) is 15.0. The molecule has 0 amide bonds. The first-order chi connectivity index (χ1) is 9.94. The third-order valence-corrected chi connectivity index (χ3v) is 3.35. The predicted octanol–water partition coefficient (Wildman–Crippen LogP) is 2.62. The Morgan fingerprint density at radius 3 is 2.95 bits per heavy atom. The lowest BCUT2D eigenvalue weighted by Gasteiger charge is -2.17. The van der Waals surface area contributed by atoms with Crippen LogP contribution in [0.2, 0.25) is 0 Å². The van der Waals surface area contributed by atoms with Gasteiger partial charge in [-0.05, 0) is 26.0 Å². The monoisotopic (exact) mass is 301 g/mol. The average molecular weight is 301 g/mol. The summed E-state index contributed by atoms with van der Waals surface area (Å²) in [5, 5.41) is 0. The van der Waals surface area contributed by atoms with E-state index in [1.54, 1.807) is 12.3 Å². The Kier molecular flexibility index (Phi) is 3.25. The Bertz CT molecular complexity index is 716. The zero-order valence-electron chi connectivity index (χ0n) is 11.8. The highest BCUT2D eigenvalue weighted by Crippen LogP contribution is 2.42. The molecule has 1 aromatic carbocycles. The number of nitrogens with zero attached hydrogens (tertiary/aromatic N) is 2. The van der Waals surface area contributed by atoms with E-state index in [9.17, 15) is 0 Å². The number of hydrogen-bond acceptors (Lipinski definition) is 5. The van der Waals surface area contributed by atoms with Crippen LogP contribution in [0.25, 0.3) is 0 Å². The quantitative estimate of drug-likeness (QED) is 0.879. The van der Waals surface area contributed by atoms with Crippen LogP contribution in [0, 0.1) is 0 Å². The van der Waals surface area contributed by atoms with Gasteiger partial charge in [0.1, 0.15) is 16.3 Å². The summed E-state index contributed by atoms with van der Waals surface area (Å²) in [6, 6.07) is 7.63. The second kappa shape index (κ2) is 4.96. The highest BCUT2D eigenvalue weighted by molar-refractivity contribution is 7.80. The van der Waals surface area contributed by atoms with E-state index < -0.39 is 0 Å². The Labute approximate surface area is 128 Å². The molecule has 1 aromatic heterocycles. The topological polar surface area (TPSA) is 70.3 Å². The fourth-order valence-electron chi connectivity index (χ4n) is 2.29. The molecule has 0 aliphatic carbocycles. The molecule has 0 fully saturated rings. The largest absolute Gasteiger partial charge is 0.483 e. The highest BCUT2D eigenvalue weighted by Gasteiger charge is 2.32. The van der Waals surface area contributed by atoms with Crippen LogP contribution in [0.3, 0.4) is 0 Å². The van der Waals surface area contributed by atoms with Gasteiger partial charge in [0.25, 0.3) is 0 Å². The van der Waals surface area contributed by atoms with E-state index in [0.29, 0.717) is 11.4 Å². The number of rotatable bonds is 3. The Morgan fingerprint density at radius 2 is 2.19 bits per heavy atom. The molecule has 21 heavy (non-hydrogen) atoms. The SMILES string of the molecule is CC1(C)Cc2cccc(Oc3nccc(C(N)=S)n3)c2O1. The molecule has 2 N–H and O–H groups in total. The van der Waals surface area contributed by atoms with Gasteiger partial charge in [0, 0.05) is 18.2 Å². The summed E-state index contributed by atoms with van der Waals surface area (Å²) in [4.78, 5) is 8.46. The molecule has 2 aromatic rings. The van der Waals surface area contributed by atoms with Gasteiger partial charge in [-0.25, -0.2) is 4.98 Å². The minimum Gasteiger partial charge on any atom is -0.483 e. The number of fused-ring (bicyclic) bond motifs is 1. The molecule has 5 nitrogen and oxygen atoms in total. The van der Waals surface area contributed by atoms with Crippen molar-refractivity contribution in [2.24, 2.45) is 5.73 Å². The number of benzene rings is 1. The van der Waals surface area contributed by atoms with E-state index in [0.717, 1.165) is 17.7 Å². The Balaban J connectivity index is 1.92. The van der Waals surface area contributed by atoms with E-state index in [-0.39, 0.29) is 16.6 Å². The number of thiocarbonyl (C=S) groups is 1. The van der Waals surface area contributed by atoms with E-state index in [4.69, 9.17) is 27.4 Å². The molecule has 0 bridgehead atoms. The maximum atomic E-state index is 5.94. The molecule has 6 heteroatoms. The smallest absolute Gasteiger partial charge is 0.322 e. The van der Waals surface area contributed by atoms with Gasteiger partial charge in [-0.2, -0.15) is 4.98 Å². The minimum absolute atomic E-state index is 0.196. The van der Waals surface area contributed by atoms with Crippen molar-refractivity contribution in [3.05, 3.63) is 41.7 Å². The summed E-state index contributed by atoms with van der Waals surface area (Å²) in [7, 11) is 0. The molecular weight excluding hydrogens is 286 g/mol. The molecule has 1 aliphatic rings. The van der Waals surface area contributed by atoms with Crippen molar-refractivity contribution in [2.45, 2.75) is 25.9 Å². The molecule has 0 unspecified atom stereocenters. The van der Waals surface area contributed by atoms with Crippen molar-refractivity contribution in [3.63, 3.8) is 0 Å². The van der Waals surface area contributed by atoms with E-state index in [1.807, 2.05) is 32.0 Å². The van der Waals surface area contributed by atoms with Crippen molar-refractivity contribution >= 4 is 17.2 Å². The first-order valence-electron chi connectivity index (χ1n) is 6.56. The number of nitrogens with two attached hydrogens (primary N) is 1. The lowest BCUT2D eigenvalue weighted by molar-refractivity contribution is 0.134. The lowest BCUT2D eigenvalue weighted by atomic mass is 10.0. The third-order valence-electron chi connectivity index (χ3n) is 3.14. The number of aromatic nitrogens is 2. The number of hydrogen-bond donors (Lipinski definition) is 1. The van der Waals surface area contributed by atoms with Crippen LogP contribution in [-0.2, 0) is 6.42 Å². The number of ether oxygens (including phenoxy) is 2. The van der Waals surface area contributed by atoms with Crippen LogP contribution in [0.4, 0.5) is 0 Å². The third kappa shape index (κ3) is 2.80. The summed E-state index contributed by atoms with van der Waals surface area (Å²) in [6.07, 6.45) is 2.40. The summed E-state index contributed by atoms with van der Waals surface area (Å²) >= 11 is 4.90. The summed E-state index contributed by atoms with van der Waals surface area (Å²) in [5.74, 6) is 1.34. The van der Waals surface area contributed by atoms with Crippen molar-refractivity contribution in [2.75, 3.05) is 0 Å². The first kappa shape index (κ1) is 13.8. The fraction of sp³-hybridized carbons (Fsp3) is 0.267. The van der Waals surface area contributed by atoms with Crippen molar-refractivity contribution in [1.29, 1.82) is 0 Å². The van der Waals surface area contributed by atoms with Gasteiger partial charge in [0.05, 0.1) is 0 Å². The molecular formula is C15H15N3O2S. The lowest BCUT2D eigenvalue weighted by Crippen LogP contribution is -2.24. The molecule has 0 spiro atoms. The van der Waals surface area contributed by atoms with Gasteiger partial charge < -0.3 is 15.2 Å². The molecule has 108 valence electrons. The predicted molar refractivity (Wildman–Crippen MR) is 82.8 cm³/mol. The van der Waals surface area contributed by atoms with E-state index in [2.05, 4.69) is 9.97 Å². The molecule has 0 saturated heterocycles. The van der Waals surface area contributed by atoms with Crippen LogP contribution in [0.1, 0.15) is 25.1 Å². The zero-order valence-corrected chi connectivity index (χ0v) is 12.6. The van der Waals surface area contributed by atoms with Crippen LogP contribution in [0.15, 0.2) is 30.5 Å². The van der Waals surface area contributed by atoms with E-state index in [1.165, 1.54) is 0 Å². The van der Waals surface area contributed by atoms with Gasteiger partial charge >= 0.3 is 6.01 Å². The molecule has 0 saturated carbocycles. The summed E-state index contributed by atoms with van der Waals surface area (Å²) in [6.45, 7) is 4.08. The van der Waals surface area contributed by atoms with Crippen molar-refractivity contribution in [3.8, 4) is 17.5 Å². The summed E-state index contributed by atoms with van der Waals surface area (Å²) in [5.41, 5.74) is 6.92. The van der Waals surface area contributed by atoms with Crippen LogP contribution >= 0.6 is 12.2 Å². The Hall–Kier alpha value is -2.21. The highest BCUT2D eigenvalue weighted by atomic mass is 32.1. The molecule has 2 heterocycles. The van der Waals surface area contributed by atoms with Gasteiger partial charge in [-0.15, -0.1) is 0 Å². The maximum Gasteiger partial charge on any atom is 0.322 e. The van der Waals surface area contributed by atoms with Crippen LogP contribution in [0.5, 0.6) is 17.5 Å². The average Bonchev–Trinajstić information content (AvgIpc) is 2.74. The molecule has 3 rings (SSSR count). The fourth-order valence-corrected chi connectivity index (χ4v) is 2.41. The Morgan fingerprint density at radius 1 is 1.38 bits per heavy atom. The van der Waals surface area contributed by atoms with Crippen LogP contribution < -0.4 is 15.2 Å². The van der Waals surface area contributed by atoms with Crippen molar-refractivity contribution in [1.82, 2.24) is 9.97 Å². The molecule has 1 aliphatic heterocycles. The van der Waals surface area contributed by atoms with E-state index >= 15 is 0 Å². The first-order valence-corrected chi connectivity index (χ1v) is 6.97. The normalized spacial score (nSPS) is 15.1. The maximum absolute atomic E-state index is 5.94. The van der Waals surface area contributed by atoms with Crippen LogP contribution in [-0.4, -0.2) is 20.6 Å².